The molecule has 0 saturated carbocycles. The highest BCUT2D eigenvalue weighted by Crippen LogP contribution is 2.35. The Morgan fingerprint density at radius 3 is 2.68 bits per heavy atom. The normalized spacial score (nSPS) is 19.5. The van der Waals surface area contributed by atoms with Crippen LogP contribution in [0, 0.1) is 0 Å². The summed E-state index contributed by atoms with van der Waals surface area (Å²) in [7, 11) is 0. The van der Waals surface area contributed by atoms with Gasteiger partial charge in [0, 0.05) is 29.7 Å². The molecular weight excluding hydrogens is 356 g/mol. The van der Waals surface area contributed by atoms with Gasteiger partial charge in [-0.2, -0.15) is 0 Å². The van der Waals surface area contributed by atoms with Crippen molar-refractivity contribution < 1.29 is 0 Å². The number of halogens is 1. The number of nitrogens with two attached hydrogens (primary N) is 1. The van der Waals surface area contributed by atoms with Crippen molar-refractivity contribution in [2.24, 2.45) is 0 Å². The van der Waals surface area contributed by atoms with Gasteiger partial charge in [-0.25, -0.2) is 15.0 Å². The molecule has 0 atom stereocenters. The van der Waals surface area contributed by atoms with E-state index in [9.17, 15) is 0 Å². The molecule has 2 aromatic rings. The maximum absolute atomic E-state index is 6.18. The van der Waals surface area contributed by atoms with Crippen molar-refractivity contribution >= 4 is 35.0 Å². The number of nitrogens with one attached hydrogen (secondary N) is 1. The van der Waals surface area contributed by atoms with Crippen LogP contribution in [-0.2, 0) is 0 Å². The topological polar surface area (TPSA) is 80.0 Å². The van der Waals surface area contributed by atoms with E-state index < -0.39 is 0 Å². The third-order valence-corrected chi connectivity index (χ3v) is 6.58. The molecule has 4 rings (SSSR count). The van der Waals surface area contributed by atoms with Crippen LogP contribution in [0.4, 0.5) is 11.6 Å². The fraction of sp³-hybridized carbons (Fsp3) is 0.471. The second kappa shape index (κ2) is 6.97. The number of rotatable bonds is 3. The lowest BCUT2D eigenvalue weighted by Crippen LogP contribution is -2.50. The quantitative estimate of drug-likeness (QED) is 0.852. The van der Waals surface area contributed by atoms with E-state index in [0.29, 0.717) is 16.4 Å². The van der Waals surface area contributed by atoms with Crippen LogP contribution in [0.1, 0.15) is 25.7 Å². The predicted octanol–water partition coefficient (Wildman–Crippen LogP) is 2.98. The largest absolute Gasteiger partial charge is 0.382 e. The van der Waals surface area contributed by atoms with Crippen LogP contribution in [-0.4, -0.2) is 40.1 Å². The van der Waals surface area contributed by atoms with Gasteiger partial charge in [-0.15, -0.1) is 0 Å². The first-order valence-electron chi connectivity index (χ1n) is 8.55. The average Bonchev–Trinajstić information content (AvgIpc) is 3.09. The molecule has 1 spiro atoms. The second-order valence-corrected chi connectivity index (χ2v) is 8.06. The molecule has 8 heteroatoms. The van der Waals surface area contributed by atoms with Gasteiger partial charge in [0.05, 0.1) is 17.4 Å². The summed E-state index contributed by atoms with van der Waals surface area (Å²) in [6, 6.07) is 1.83. The van der Waals surface area contributed by atoms with Crippen LogP contribution < -0.4 is 16.0 Å². The summed E-state index contributed by atoms with van der Waals surface area (Å²) in [6.45, 7) is 3.22. The van der Waals surface area contributed by atoms with E-state index >= 15 is 0 Å². The van der Waals surface area contributed by atoms with Crippen molar-refractivity contribution in [3.05, 3.63) is 29.7 Å². The Labute approximate surface area is 156 Å². The van der Waals surface area contributed by atoms with Gasteiger partial charge in [0.1, 0.15) is 16.7 Å². The number of hydrogen-bond acceptors (Lipinski definition) is 7. The van der Waals surface area contributed by atoms with Crippen LogP contribution in [0.3, 0.4) is 0 Å². The van der Waals surface area contributed by atoms with Crippen molar-refractivity contribution in [3.8, 4) is 0 Å². The fourth-order valence-electron chi connectivity index (χ4n) is 3.62. The highest BCUT2D eigenvalue weighted by molar-refractivity contribution is 7.99. The maximum Gasteiger partial charge on any atom is 0.147 e. The molecule has 0 aromatic carbocycles. The smallest absolute Gasteiger partial charge is 0.147 e. The first-order valence-corrected chi connectivity index (χ1v) is 9.75. The molecule has 4 heterocycles. The number of piperidine rings is 1. The SMILES string of the molecule is Nc1nccc(Sc2cnc(N3CCC4(CCCN4)CC3)cn2)c1Cl. The molecule has 2 aromatic heterocycles. The van der Waals surface area contributed by atoms with Crippen LogP contribution >= 0.6 is 23.4 Å². The lowest BCUT2D eigenvalue weighted by molar-refractivity contribution is 0.296. The summed E-state index contributed by atoms with van der Waals surface area (Å²) < 4.78 is 0. The number of pyridine rings is 1. The minimum absolute atomic E-state index is 0.332. The Morgan fingerprint density at radius 2 is 2.00 bits per heavy atom. The molecule has 132 valence electrons. The number of aromatic nitrogens is 3. The zero-order chi connectivity index (χ0) is 17.3. The lowest BCUT2D eigenvalue weighted by Gasteiger charge is -2.40. The molecule has 2 aliphatic rings. The molecule has 0 amide bonds. The minimum atomic E-state index is 0.332. The van der Waals surface area contributed by atoms with E-state index in [-0.39, 0.29) is 0 Å². The molecule has 0 aliphatic carbocycles. The zero-order valence-corrected chi connectivity index (χ0v) is 15.5. The van der Waals surface area contributed by atoms with Crippen molar-refractivity contribution in [2.75, 3.05) is 30.3 Å². The molecule has 0 bridgehead atoms. The molecular formula is C17H21ClN6S. The minimum Gasteiger partial charge on any atom is -0.382 e. The van der Waals surface area contributed by atoms with E-state index in [1.807, 2.05) is 12.3 Å². The summed E-state index contributed by atoms with van der Waals surface area (Å²) in [4.78, 5) is 16.3. The van der Waals surface area contributed by atoms with E-state index in [0.717, 1.165) is 35.4 Å². The summed E-state index contributed by atoms with van der Waals surface area (Å²) >= 11 is 7.63. The molecule has 6 nitrogen and oxygen atoms in total. The van der Waals surface area contributed by atoms with Gasteiger partial charge < -0.3 is 16.0 Å². The van der Waals surface area contributed by atoms with Gasteiger partial charge in [0.15, 0.2) is 0 Å². The summed E-state index contributed by atoms with van der Waals surface area (Å²) in [5.41, 5.74) is 6.11. The highest BCUT2D eigenvalue weighted by Gasteiger charge is 2.36. The van der Waals surface area contributed by atoms with E-state index in [4.69, 9.17) is 17.3 Å². The molecule has 3 N–H and O–H groups in total. The van der Waals surface area contributed by atoms with Crippen molar-refractivity contribution in [1.29, 1.82) is 0 Å². The van der Waals surface area contributed by atoms with Gasteiger partial charge in [0.25, 0.3) is 0 Å². The van der Waals surface area contributed by atoms with Gasteiger partial charge in [-0.05, 0) is 38.3 Å². The van der Waals surface area contributed by atoms with Crippen LogP contribution in [0.5, 0.6) is 0 Å². The first-order chi connectivity index (χ1) is 12.2. The Morgan fingerprint density at radius 1 is 1.16 bits per heavy atom. The first kappa shape index (κ1) is 16.9. The lowest BCUT2D eigenvalue weighted by atomic mass is 9.86. The Balaban J connectivity index is 1.41. The Bertz CT molecular complexity index is 737. The molecule has 25 heavy (non-hydrogen) atoms. The summed E-state index contributed by atoms with van der Waals surface area (Å²) in [5.74, 6) is 1.27. The molecule has 0 radical (unpaired) electrons. The van der Waals surface area contributed by atoms with E-state index in [1.54, 1.807) is 12.4 Å². The van der Waals surface area contributed by atoms with Crippen LogP contribution in [0.2, 0.25) is 5.02 Å². The van der Waals surface area contributed by atoms with Gasteiger partial charge in [0.2, 0.25) is 0 Å². The summed E-state index contributed by atoms with van der Waals surface area (Å²) in [5, 5.41) is 4.95. The van der Waals surface area contributed by atoms with Crippen LogP contribution in [0.25, 0.3) is 0 Å². The monoisotopic (exact) mass is 376 g/mol. The summed E-state index contributed by atoms with van der Waals surface area (Å²) in [6.07, 6.45) is 10.2. The van der Waals surface area contributed by atoms with Gasteiger partial charge in [-0.1, -0.05) is 23.4 Å². The third-order valence-electron chi connectivity index (χ3n) is 5.09. The number of hydrogen-bond donors (Lipinski definition) is 2. The zero-order valence-electron chi connectivity index (χ0n) is 13.9. The standard InChI is InChI=1S/C17H21ClN6S/c18-15-12(2-7-20-16(15)19)25-14-11-21-13(10-22-14)24-8-4-17(5-9-24)3-1-6-23-17/h2,7,10-11,23H,1,3-6,8-9H2,(H2,19,20). The van der Waals surface area contributed by atoms with Crippen molar-refractivity contribution in [2.45, 2.75) is 41.1 Å². The Hall–Kier alpha value is -1.57. The second-order valence-electron chi connectivity index (χ2n) is 6.62. The Kier molecular flexibility index (Phi) is 4.71. The molecule has 0 unspecified atom stereocenters. The third kappa shape index (κ3) is 3.54. The van der Waals surface area contributed by atoms with Crippen LogP contribution in [0.15, 0.2) is 34.6 Å². The highest BCUT2D eigenvalue weighted by atomic mass is 35.5. The van der Waals surface area contributed by atoms with Crippen molar-refractivity contribution in [3.63, 3.8) is 0 Å². The predicted molar refractivity (Wildman–Crippen MR) is 101 cm³/mol. The molecule has 2 fully saturated rings. The van der Waals surface area contributed by atoms with Crippen molar-refractivity contribution in [1.82, 2.24) is 20.3 Å². The van der Waals surface area contributed by atoms with Gasteiger partial charge >= 0.3 is 0 Å². The number of nitrogen functional groups attached to an aromatic ring is 1. The maximum atomic E-state index is 6.18. The number of anilines is 2. The van der Waals surface area contributed by atoms with E-state index in [2.05, 4.69) is 25.2 Å². The number of nitrogens with zero attached hydrogens (tertiary/aromatic N) is 4. The average molecular weight is 377 g/mol. The molecule has 2 saturated heterocycles. The van der Waals surface area contributed by atoms with Gasteiger partial charge in [-0.3, -0.25) is 0 Å². The molecule has 2 aliphatic heterocycles. The van der Waals surface area contributed by atoms with E-state index in [1.165, 1.54) is 37.4 Å². The fourth-order valence-corrected chi connectivity index (χ4v) is 4.60.